The van der Waals surface area contributed by atoms with Crippen LogP contribution in [0, 0.1) is 11.2 Å². The summed E-state index contributed by atoms with van der Waals surface area (Å²) < 4.78 is 19.4. The molecule has 0 amide bonds. The molecule has 1 aromatic heterocycles. The van der Waals surface area contributed by atoms with Crippen molar-refractivity contribution in [2.75, 3.05) is 11.9 Å². The smallest absolute Gasteiger partial charge is 0.137 e. The minimum Gasteiger partial charge on any atom is -0.378 e. The van der Waals surface area contributed by atoms with Crippen molar-refractivity contribution >= 4 is 16.7 Å². The first-order valence-corrected chi connectivity index (χ1v) is 8.01. The van der Waals surface area contributed by atoms with E-state index in [-0.39, 0.29) is 11.2 Å². The normalized spacial score (nSPS) is 25.7. The van der Waals surface area contributed by atoms with Gasteiger partial charge in [-0.15, -0.1) is 0 Å². The number of nitrogens with zero attached hydrogens (tertiary/aromatic N) is 2. The summed E-state index contributed by atoms with van der Waals surface area (Å²) in [6.45, 7) is 2.81. The minimum atomic E-state index is -0.260. The van der Waals surface area contributed by atoms with E-state index in [1.807, 2.05) is 6.92 Å². The molecule has 4 nitrogen and oxygen atoms in total. The van der Waals surface area contributed by atoms with Crippen LogP contribution >= 0.6 is 0 Å². The van der Waals surface area contributed by atoms with Crippen molar-refractivity contribution in [2.24, 2.45) is 5.41 Å². The van der Waals surface area contributed by atoms with E-state index >= 15 is 0 Å². The maximum atomic E-state index is 13.5. The molecule has 22 heavy (non-hydrogen) atoms. The van der Waals surface area contributed by atoms with Crippen molar-refractivity contribution in [3.63, 3.8) is 0 Å². The van der Waals surface area contributed by atoms with Crippen LogP contribution in [0.25, 0.3) is 10.9 Å². The highest BCUT2D eigenvalue weighted by molar-refractivity contribution is 5.88. The van der Waals surface area contributed by atoms with E-state index in [9.17, 15) is 4.39 Å². The molecule has 2 aliphatic rings. The van der Waals surface area contributed by atoms with Gasteiger partial charge in [0.05, 0.1) is 11.6 Å². The topological polar surface area (TPSA) is 47.0 Å². The zero-order valence-corrected chi connectivity index (χ0v) is 12.7. The second-order valence-electron chi connectivity index (χ2n) is 6.35. The standard InChI is InChI=1S/C17H20FN3O/c1-2-22-15-9-14(17(15)6-3-7-17)21-16-12-8-11(18)4-5-13(12)19-10-20-16/h4-5,8,10,14-15H,2-3,6-7,9H2,1H3,(H,19,20,21). The lowest BCUT2D eigenvalue weighted by atomic mass is 9.51. The van der Waals surface area contributed by atoms with Gasteiger partial charge in [0.2, 0.25) is 0 Å². The summed E-state index contributed by atoms with van der Waals surface area (Å²) in [5.41, 5.74) is 1.02. The minimum absolute atomic E-state index is 0.251. The summed E-state index contributed by atoms with van der Waals surface area (Å²) in [7, 11) is 0. The monoisotopic (exact) mass is 301 g/mol. The molecule has 0 saturated heterocycles. The molecule has 1 aromatic carbocycles. The van der Waals surface area contributed by atoms with Crippen molar-refractivity contribution < 1.29 is 9.13 Å². The number of halogens is 1. The number of fused-ring (bicyclic) bond motifs is 1. The molecule has 1 heterocycles. The summed E-state index contributed by atoms with van der Waals surface area (Å²) in [4.78, 5) is 8.54. The van der Waals surface area contributed by atoms with E-state index < -0.39 is 0 Å². The first-order chi connectivity index (χ1) is 10.7. The first-order valence-electron chi connectivity index (χ1n) is 8.01. The fourth-order valence-corrected chi connectivity index (χ4v) is 3.95. The third-order valence-electron chi connectivity index (χ3n) is 5.35. The Kier molecular flexibility index (Phi) is 3.26. The highest BCUT2D eigenvalue weighted by atomic mass is 19.1. The molecule has 0 aliphatic heterocycles. The van der Waals surface area contributed by atoms with E-state index in [4.69, 9.17) is 4.74 Å². The van der Waals surface area contributed by atoms with Gasteiger partial charge in [-0.25, -0.2) is 14.4 Å². The third kappa shape index (κ3) is 1.99. The van der Waals surface area contributed by atoms with Gasteiger partial charge in [0.25, 0.3) is 0 Å². The van der Waals surface area contributed by atoms with Crippen LogP contribution in [0.4, 0.5) is 10.2 Å². The molecule has 2 aromatic rings. The first kappa shape index (κ1) is 13.9. The largest absolute Gasteiger partial charge is 0.378 e. The lowest BCUT2D eigenvalue weighted by Crippen LogP contribution is -2.64. The second kappa shape index (κ2) is 5.16. The molecule has 2 saturated carbocycles. The predicted octanol–water partition coefficient (Wildman–Crippen LogP) is 3.53. The Bertz CT molecular complexity index is 701. The third-order valence-corrected chi connectivity index (χ3v) is 5.35. The van der Waals surface area contributed by atoms with Crippen molar-refractivity contribution in [1.29, 1.82) is 0 Å². The Hall–Kier alpha value is -1.75. The Morgan fingerprint density at radius 1 is 1.36 bits per heavy atom. The molecule has 1 spiro atoms. The van der Waals surface area contributed by atoms with Gasteiger partial charge in [-0.05, 0) is 44.4 Å². The summed E-state index contributed by atoms with van der Waals surface area (Å²) in [5, 5.41) is 4.28. The lowest BCUT2D eigenvalue weighted by molar-refractivity contribution is -0.157. The van der Waals surface area contributed by atoms with Crippen LogP contribution in [-0.2, 0) is 4.74 Å². The Balaban J connectivity index is 1.61. The van der Waals surface area contributed by atoms with Gasteiger partial charge in [0.15, 0.2) is 0 Å². The van der Waals surface area contributed by atoms with E-state index in [0.717, 1.165) is 29.7 Å². The van der Waals surface area contributed by atoms with Crippen LogP contribution in [0.3, 0.4) is 0 Å². The van der Waals surface area contributed by atoms with Gasteiger partial charge < -0.3 is 10.1 Å². The molecule has 2 aliphatic carbocycles. The van der Waals surface area contributed by atoms with Gasteiger partial charge in [0.1, 0.15) is 18.0 Å². The molecule has 1 N–H and O–H groups in total. The van der Waals surface area contributed by atoms with Gasteiger partial charge >= 0.3 is 0 Å². The quantitative estimate of drug-likeness (QED) is 0.938. The van der Waals surface area contributed by atoms with Crippen LogP contribution < -0.4 is 5.32 Å². The van der Waals surface area contributed by atoms with E-state index in [2.05, 4.69) is 15.3 Å². The van der Waals surface area contributed by atoms with Gasteiger partial charge in [-0.1, -0.05) is 6.42 Å². The maximum Gasteiger partial charge on any atom is 0.137 e. The van der Waals surface area contributed by atoms with Crippen LogP contribution in [0.2, 0.25) is 0 Å². The summed E-state index contributed by atoms with van der Waals surface area (Å²) in [6.07, 6.45) is 6.55. The number of ether oxygens (including phenoxy) is 1. The van der Waals surface area contributed by atoms with E-state index in [1.54, 1.807) is 6.07 Å². The molecule has 5 heteroatoms. The number of benzene rings is 1. The summed E-state index contributed by atoms with van der Waals surface area (Å²) in [5.74, 6) is 0.472. The molecule has 2 fully saturated rings. The number of rotatable bonds is 4. The van der Waals surface area contributed by atoms with Gasteiger partial charge in [-0.3, -0.25) is 0 Å². The van der Waals surface area contributed by atoms with Crippen LogP contribution in [0.15, 0.2) is 24.5 Å². The number of nitrogens with one attached hydrogen (secondary N) is 1. The zero-order valence-electron chi connectivity index (χ0n) is 12.7. The fourth-order valence-electron chi connectivity index (χ4n) is 3.95. The molecule has 0 radical (unpaired) electrons. The van der Waals surface area contributed by atoms with Crippen LogP contribution in [0.5, 0.6) is 0 Å². The molecule has 116 valence electrons. The number of hydrogen-bond donors (Lipinski definition) is 1. The molecular weight excluding hydrogens is 281 g/mol. The van der Waals surface area contributed by atoms with E-state index in [1.165, 1.54) is 37.7 Å². The SMILES string of the molecule is CCOC1CC(Nc2ncnc3ccc(F)cc23)C12CCC2. The van der Waals surface area contributed by atoms with Crippen molar-refractivity contribution in [1.82, 2.24) is 9.97 Å². The maximum absolute atomic E-state index is 13.5. The van der Waals surface area contributed by atoms with Crippen molar-refractivity contribution in [3.05, 3.63) is 30.3 Å². The lowest BCUT2D eigenvalue weighted by Gasteiger charge is -2.61. The predicted molar refractivity (Wildman–Crippen MR) is 83.2 cm³/mol. The summed E-state index contributed by atoms with van der Waals surface area (Å²) in [6, 6.07) is 4.99. The Morgan fingerprint density at radius 2 is 2.23 bits per heavy atom. The number of hydrogen-bond acceptors (Lipinski definition) is 4. The van der Waals surface area contributed by atoms with Gasteiger partial charge in [-0.2, -0.15) is 0 Å². The second-order valence-corrected chi connectivity index (χ2v) is 6.35. The van der Waals surface area contributed by atoms with Crippen molar-refractivity contribution in [2.45, 2.75) is 44.8 Å². The average molecular weight is 301 g/mol. The Morgan fingerprint density at radius 3 is 2.95 bits per heavy atom. The van der Waals surface area contributed by atoms with Crippen LogP contribution in [-0.4, -0.2) is 28.7 Å². The Labute approximate surface area is 129 Å². The molecule has 0 bridgehead atoms. The summed E-state index contributed by atoms with van der Waals surface area (Å²) >= 11 is 0. The highest BCUT2D eigenvalue weighted by Gasteiger charge is 2.59. The average Bonchev–Trinajstić information content (AvgIpc) is 2.44. The molecule has 2 unspecified atom stereocenters. The van der Waals surface area contributed by atoms with E-state index in [0.29, 0.717) is 12.1 Å². The number of aromatic nitrogens is 2. The molecular formula is C17H20FN3O. The highest BCUT2D eigenvalue weighted by Crippen LogP contribution is 2.58. The zero-order chi connectivity index (χ0) is 15.2. The number of anilines is 1. The van der Waals surface area contributed by atoms with Crippen molar-refractivity contribution in [3.8, 4) is 0 Å². The fraction of sp³-hybridized carbons (Fsp3) is 0.529. The van der Waals surface area contributed by atoms with Gasteiger partial charge in [0, 0.05) is 23.4 Å². The van der Waals surface area contributed by atoms with Crippen LogP contribution in [0.1, 0.15) is 32.6 Å². The molecule has 4 rings (SSSR count). The molecule has 2 atom stereocenters.